The number of hydrogen-bond donors (Lipinski definition) is 2. The molecule has 0 aromatic heterocycles. The zero-order valence-electron chi connectivity index (χ0n) is 10.1. The summed E-state index contributed by atoms with van der Waals surface area (Å²) in [7, 11) is 1.51. The van der Waals surface area contributed by atoms with Gasteiger partial charge in [-0.15, -0.1) is 0 Å². The molecule has 2 N–H and O–H groups in total. The van der Waals surface area contributed by atoms with Gasteiger partial charge < -0.3 is 15.3 Å². The molecule has 92 valence electrons. The molecule has 0 atom stereocenters. The van der Waals surface area contributed by atoms with Gasteiger partial charge in [-0.05, 0) is 26.7 Å². The third-order valence-electron chi connectivity index (χ3n) is 3.35. The van der Waals surface area contributed by atoms with E-state index in [0.29, 0.717) is 0 Å². The number of carbonyl (C=O) groups is 2. The zero-order valence-corrected chi connectivity index (χ0v) is 10.1. The molecule has 1 aliphatic rings. The lowest BCUT2D eigenvalue weighted by molar-refractivity contribution is -0.146. The number of likely N-dealkylation sites (N-methyl/N-ethyl adjacent to an activating group) is 1. The van der Waals surface area contributed by atoms with E-state index < -0.39 is 11.5 Å². The number of amides is 2. The van der Waals surface area contributed by atoms with Crippen LogP contribution >= 0.6 is 0 Å². The quantitative estimate of drug-likeness (QED) is 0.767. The number of carboxylic acid groups (broad SMARTS) is 1. The Morgan fingerprint density at radius 3 is 2.25 bits per heavy atom. The Morgan fingerprint density at radius 1 is 1.31 bits per heavy atom. The Hall–Kier alpha value is -1.26. The first-order valence-electron chi connectivity index (χ1n) is 5.63. The molecule has 2 amide bonds. The van der Waals surface area contributed by atoms with Crippen LogP contribution in [-0.4, -0.2) is 40.6 Å². The summed E-state index contributed by atoms with van der Waals surface area (Å²) in [6, 6.07) is -0.0983. The van der Waals surface area contributed by atoms with Crippen LogP contribution in [0, 0.1) is 0 Å². The van der Waals surface area contributed by atoms with Crippen LogP contribution < -0.4 is 5.32 Å². The first-order chi connectivity index (χ1) is 7.35. The largest absolute Gasteiger partial charge is 0.480 e. The minimum absolute atomic E-state index is 0.208. The lowest BCUT2D eigenvalue weighted by Crippen LogP contribution is -2.55. The molecule has 0 heterocycles. The van der Waals surface area contributed by atoms with Crippen molar-refractivity contribution in [1.29, 1.82) is 0 Å². The lowest BCUT2D eigenvalue weighted by atomic mass is 10.0. The number of urea groups is 1. The van der Waals surface area contributed by atoms with E-state index in [1.807, 2.05) is 0 Å². The summed E-state index contributed by atoms with van der Waals surface area (Å²) >= 11 is 0. The van der Waals surface area contributed by atoms with Crippen molar-refractivity contribution in [1.82, 2.24) is 10.2 Å². The monoisotopic (exact) mass is 228 g/mol. The number of nitrogens with one attached hydrogen (secondary N) is 1. The summed E-state index contributed by atoms with van der Waals surface area (Å²) < 4.78 is 0. The predicted molar refractivity (Wildman–Crippen MR) is 60.3 cm³/mol. The van der Waals surface area contributed by atoms with Gasteiger partial charge in [0.15, 0.2) is 0 Å². The SMILES string of the molecule is CN(C(=O)NC1CCCC1)C(C)(C)C(=O)O. The molecule has 16 heavy (non-hydrogen) atoms. The summed E-state index contributed by atoms with van der Waals surface area (Å²) in [6.07, 6.45) is 4.26. The molecule has 0 aliphatic heterocycles. The number of rotatable bonds is 3. The molecule has 0 saturated heterocycles. The molecule has 0 bridgehead atoms. The van der Waals surface area contributed by atoms with E-state index in [1.54, 1.807) is 0 Å². The van der Waals surface area contributed by atoms with Gasteiger partial charge in [0, 0.05) is 13.1 Å². The third-order valence-corrected chi connectivity index (χ3v) is 3.35. The molecule has 1 saturated carbocycles. The molecule has 5 nitrogen and oxygen atoms in total. The van der Waals surface area contributed by atoms with E-state index in [9.17, 15) is 9.59 Å². The van der Waals surface area contributed by atoms with Crippen LogP contribution in [0.4, 0.5) is 4.79 Å². The van der Waals surface area contributed by atoms with Crippen molar-refractivity contribution in [3.63, 3.8) is 0 Å². The highest BCUT2D eigenvalue weighted by atomic mass is 16.4. The maximum atomic E-state index is 11.8. The molecule has 1 fully saturated rings. The van der Waals surface area contributed by atoms with Gasteiger partial charge in [-0.2, -0.15) is 0 Å². The van der Waals surface area contributed by atoms with Crippen molar-refractivity contribution in [2.75, 3.05) is 7.05 Å². The van der Waals surface area contributed by atoms with Gasteiger partial charge in [-0.3, -0.25) is 0 Å². The van der Waals surface area contributed by atoms with E-state index in [4.69, 9.17) is 5.11 Å². The van der Waals surface area contributed by atoms with E-state index >= 15 is 0 Å². The summed E-state index contributed by atoms with van der Waals surface area (Å²) in [5.74, 6) is -1.00. The molecule has 0 spiro atoms. The fourth-order valence-electron chi connectivity index (χ4n) is 1.74. The van der Waals surface area contributed by atoms with Gasteiger partial charge in [-0.25, -0.2) is 9.59 Å². The second-order valence-electron chi connectivity index (χ2n) is 4.85. The van der Waals surface area contributed by atoms with E-state index in [1.165, 1.54) is 25.8 Å². The lowest BCUT2D eigenvalue weighted by Gasteiger charge is -2.32. The van der Waals surface area contributed by atoms with Crippen molar-refractivity contribution >= 4 is 12.0 Å². The number of nitrogens with zero attached hydrogens (tertiary/aromatic N) is 1. The van der Waals surface area contributed by atoms with Crippen LogP contribution in [0.3, 0.4) is 0 Å². The highest BCUT2D eigenvalue weighted by molar-refractivity contribution is 5.85. The number of hydrogen-bond acceptors (Lipinski definition) is 2. The summed E-state index contributed by atoms with van der Waals surface area (Å²) in [5.41, 5.74) is -1.18. The van der Waals surface area contributed by atoms with Crippen LogP contribution in [-0.2, 0) is 4.79 Å². The second kappa shape index (κ2) is 4.72. The minimum atomic E-state index is -1.18. The highest BCUT2D eigenvalue weighted by Gasteiger charge is 2.35. The first-order valence-corrected chi connectivity index (χ1v) is 5.63. The maximum absolute atomic E-state index is 11.8. The average molecular weight is 228 g/mol. The van der Waals surface area contributed by atoms with E-state index in [2.05, 4.69) is 5.32 Å². The van der Waals surface area contributed by atoms with Crippen molar-refractivity contribution in [2.24, 2.45) is 0 Å². The Balaban J connectivity index is 2.55. The second-order valence-corrected chi connectivity index (χ2v) is 4.85. The van der Waals surface area contributed by atoms with Crippen LogP contribution in [0.15, 0.2) is 0 Å². The first kappa shape index (κ1) is 12.8. The minimum Gasteiger partial charge on any atom is -0.480 e. The van der Waals surface area contributed by atoms with E-state index in [0.717, 1.165) is 25.7 Å². The van der Waals surface area contributed by atoms with Crippen LogP contribution in [0.1, 0.15) is 39.5 Å². The number of aliphatic carboxylic acids is 1. The van der Waals surface area contributed by atoms with E-state index in [-0.39, 0.29) is 12.1 Å². The molecule has 5 heteroatoms. The molecule has 0 aromatic rings. The van der Waals surface area contributed by atoms with Gasteiger partial charge in [0.1, 0.15) is 5.54 Å². The Labute approximate surface area is 95.8 Å². The Bertz CT molecular complexity index is 283. The van der Waals surface area contributed by atoms with Crippen molar-refractivity contribution in [2.45, 2.75) is 51.1 Å². The van der Waals surface area contributed by atoms with Gasteiger partial charge in [0.25, 0.3) is 0 Å². The Morgan fingerprint density at radius 2 is 1.81 bits per heavy atom. The van der Waals surface area contributed by atoms with Crippen molar-refractivity contribution in [3.05, 3.63) is 0 Å². The fraction of sp³-hybridized carbons (Fsp3) is 0.818. The molecular formula is C11H20N2O3. The standard InChI is InChI=1S/C11H20N2O3/c1-11(2,9(14)15)13(3)10(16)12-8-6-4-5-7-8/h8H,4-7H2,1-3H3,(H,12,16)(H,14,15). The summed E-state index contributed by atoms with van der Waals surface area (Å²) in [4.78, 5) is 24.0. The number of carboxylic acids is 1. The molecule has 0 radical (unpaired) electrons. The third kappa shape index (κ3) is 2.65. The van der Waals surface area contributed by atoms with Crippen LogP contribution in [0.2, 0.25) is 0 Å². The van der Waals surface area contributed by atoms with Gasteiger partial charge in [0.2, 0.25) is 0 Å². The molecule has 1 aliphatic carbocycles. The van der Waals surface area contributed by atoms with Crippen LogP contribution in [0.25, 0.3) is 0 Å². The van der Waals surface area contributed by atoms with Gasteiger partial charge >= 0.3 is 12.0 Å². The molecular weight excluding hydrogens is 208 g/mol. The predicted octanol–water partition coefficient (Wildman–Crippen LogP) is 1.43. The normalized spacial score (nSPS) is 17.2. The molecule has 0 aromatic carbocycles. The summed E-state index contributed by atoms with van der Waals surface area (Å²) in [5, 5.41) is 11.9. The van der Waals surface area contributed by atoms with Gasteiger partial charge in [0.05, 0.1) is 0 Å². The zero-order chi connectivity index (χ0) is 12.3. The number of carbonyl (C=O) groups excluding carboxylic acids is 1. The topological polar surface area (TPSA) is 69.6 Å². The summed E-state index contributed by atoms with van der Waals surface area (Å²) in [6.45, 7) is 3.03. The fourth-order valence-corrected chi connectivity index (χ4v) is 1.74. The highest BCUT2D eigenvalue weighted by Crippen LogP contribution is 2.19. The van der Waals surface area contributed by atoms with Gasteiger partial charge in [-0.1, -0.05) is 12.8 Å². The van der Waals surface area contributed by atoms with Crippen molar-refractivity contribution < 1.29 is 14.7 Å². The van der Waals surface area contributed by atoms with Crippen LogP contribution in [0.5, 0.6) is 0 Å². The maximum Gasteiger partial charge on any atom is 0.329 e. The Kier molecular flexibility index (Phi) is 3.78. The average Bonchev–Trinajstić information content (AvgIpc) is 2.68. The molecule has 1 rings (SSSR count). The smallest absolute Gasteiger partial charge is 0.329 e. The van der Waals surface area contributed by atoms with Crippen molar-refractivity contribution in [3.8, 4) is 0 Å². The molecule has 0 unspecified atom stereocenters.